The first-order valence-corrected chi connectivity index (χ1v) is 5.88. The predicted octanol–water partition coefficient (Wildman–Crippen LogP) is 1.86. The van der Waals surface area contributed by atoms with Crippen LogP contribution in [0.1, 0.15) is 29.0 Å². The van der Waals surface area contributed by atoms with E-state index in [-0.39, 0.29) is 23.3 Å². The maximum absolute atomic E-state index is 12.1. The highest BCUT2D eigenvalue weighted by molar-refractivity contribution is 5.99. The second kappa shape index (κ2) is 5.39. The van der Waals surface area contributed by atoms with Crippen molar-refractivity contribution in [1.82, 2.24) is 10.3 Å². The molecule has 1 aromatic heterocycles. The lowest BCUT2D eigenvalue weighted by Gasteiger charge is -2.14. The largest absolute Gasteiger partial charge is 0.508 e. The van der Waals surface area contributed by atoms with Gasteiger partial charge in [0.15, 0.2) is 0 Å². The van der Waals surface area contributed by atoms with Crippen molar-refractivity contribution >= 4 is 11.6 Å². The molecule has 0 bridgehead atoms. The molecule has 0 aliphatic rings. The van der Waals surface area contributed by atoms with Crippen molar-refractivity contribution in [1.29, 1.82) is 0 Å². The van der Waals surface area contributed by atoms with E-state index in [1.807, 2.05) is 25.1 Å². The summed E-state index contributed by atoms with van der Waals surface area (Å²) in [4.78, 5) is 16.2. The molecule has 0 aliphatic carbocycles. The van der Waals surface area contributed by atoms with E-state index < -0.39 is 0 Å². The van der Waals surface area contributed by atoms with Crippen LogP contribution in [0.4, 0.5) is 5.69 Å². The van der Waals surface area contributed by atoms with Crippen molar-refractivity contribution in [3.8, 4) is 5.75 Å². The molecule has 98 valence electrons. The highest BCUT2D eigenvalue weighted by atomic mass is 16.3. The summed E-state index contributed by atoms with van der Waals surface area (Å²) in [5.74, 6) is -0.337. The molecular weight excluding hydrogens is 242 g/mol. The molecule has 2 aromatic rings. The van der Waals surface area contributed by atoms with Gasteiger partial charge in [0.25, 0.3) is 5.91 Å². The number of nitrogens with one attached hydrogen (secondary N) is 1. The Balaban J connectivity index is 2.15. The summed E-state index contributed by atoms with van der Waals surface area (Å²) in [6.45, 7) is 1.83. The fraction of sp³-hybridized carbons (Fsp3) is 0.143. The Labute approximate surface area is 111 Å². The summed E-state index contributed by atoms with van der Waals surface area (Å²) in [6.07, 6.45) is 1.67. The van der Waals surface area contributed by atoms with Gasteiger partial charge in [-0.1, -0.05) is 6.07 Å². The molecule has 1 atom stereocenters. The number of anilines is 1. The molecule has 0 saturated heterocycles. The van der Waals surface area contributed by atoms with E-state index in [9.17, 15) is 9.90 Å². The standard InChI is InChI=1S/C14H15N3O2/c1-9(13-4-2-3-7-16-13)17-14(19)11-8-10(18)5-6-12(11)15/h2-9,18H,15H2,1H3,(H,17,19). The maximum atomic E-state index is 12.1. The van der Waals surface area contributed by atoms with Crippen molar-refractivity contribution in [3.05, 3.63) is 53.9 Å². The molecule has 0 aliphatic heterocycles. The molecule has 0 fully saturated rings. The summed E-state index contributed by atoms with van der Waals surface area (Å²) in [5, 5.41) is 12.2. The zero-order chi connectivity index (χ0) is 13.8. The van der Waals surface area contributed by atoms with Crippen LogP contribution in [0.25, 0.3) is 0 Å². The van der Waals surface area contributed by atoms with Crippen molar-refractivity contribution in [3.63, 3.8) is 0 Å². The van der Waals surface area contributed by atoms with E-state index in [2.05, 4.69) is 10.3 Å². The number of aromatic hydroxyl groups is 1. The molecule has 1 heterocycles. The number of benzene rings is 1. The topological polar surface area (TPSA) is 88.2 Å². The van der Waals surface area contributed by atoms with Gasteiger partial charge in [0.1, 0.15) is 5.75 Å². The molecule has 0 spiro atoms. The maximum Gasteiger partial charge on any atom is 0.254 e. The van der Waals surface area contributed by atoms with Crippen LogP contribution in [0, 0.1) is 0 Å². The second-order valence-electron chi connectivity index (χ2n) is 4.22. The first kappa shape index (κ1) is 12.9. The van der Waals surface area contributed by atoms with Crippen LogP contribution in [0.2, 0.25) is 0 Å². The number of hydrogen-bond acceptors (Lipinski definition) is 4. The van der Waals surface area contributed by atoms with Gasteiger partial charge in [0.2, 0.25) is 0 Å². The fourth-order valence-electron chi connectivity index (χ4n) is 1.72. The van der Waals surface area contributed by atoms with Crippen LogP contribution < -0.4 is 11.1 Å². The van der Waals surface area contributed by atoms with Gasteiger partial charge in [-0.2, -0.15) is 0 Å². The normalized spacial score (nSPS) is 11.8. The Bertz CT molecular complexity index is 584. The van der Waals surface area contributed by atoms with Gasteiger partial charge in [-0.3, -0.25) is 9.78 Å². The van der Waals surface area contributed by atoms with E-state index in [4.69, 9.17) is 5.73 Å². The number of phenolic OH excluding ortho intramolecular Hbond substituents is 1. The average molecular weight is 257 g/mol. The molecule has 5 nitrogen and oxygen atoms in total. The Morgan fingerprint density at radius 2 is 2.16 bits per heavy atom. The van der Waals surface area contributed by atoms with E-state index in [1.165, 1.54) is 18.2 Å². The molecule has 0 saturated carbocycles. The molecule has 19 heavy (non-hydrogen) atoms. The molecule has 0 radical (unpaired) electrons. The smallest absolute Gasteiger partial charge is 0.254 e. The van der Waals surface area contributed by atoms with Gasteiger partial charge in [-0.15, -0.1) is 0 Å². The predicted molar refractivity (Wildman–Crippen MR) is 72.6 cm³/mol. The van der Waals surface area contributed by atoms with Gasteiger partial charge in [0, 0.05) is 11.9 Å². The van der Waals surface area contributed by atoms with Crippen LogP contribution in [-0.4, -0.2) is 16.0 Å². The third-order valence-electron chi connectivity index (χ3n) is 2.76. The van der Waals surface area contributed by atoms with Crippen LogP contribution in [-0.2, 0) is 0 Å². The molecule has 5 heteroatoms. The molecular formula is C14H15N3O2. The van der Waals surface area contributed by atoms with Crippen LogP contribution in [0.5, 0.6) is 5.75 Å². The Hall–Kier alpha value is -2.56. The Morgan fingerprint density at radius 1 is 1.37 bits per heavy atom. The first-order chi connectivity index (χ1) is 9.08. The molecule has 4 N–H and O–H groups in total. The number of phenols is 1. The lowest BCUT2D eigenvalue weighted by Crippen LogP contribution is -2.27. The van der Waals surface area contributed by atoms with E-state index in [0.717, 1.165) is 5.69 Å². The fourth-order valence-corrected chi connectivity index (χ4v) is 1.72. The van der Waals surface area contributed by atoms with E-state index >= 15 is 0 Å². The average Bonchev–Trinajstić information content (AvgIpc) is 2.42. The first-order valence-electron chi connectivity index (χ1n) is 5.88. The number of amides is 1. The third-order valence-corrected chi connectivity index (χ3v) is 2.76. The Kier molecular flexibility index (Phi) is 3.66. The van der Waals surface area contributed by atoms with E-state index in [0.29, 0.717) is 5.69 Å². The van der Waals surface area contributed by atoms with Crippen molar-refractivity contribution < 1.29 is 9.90 Å². The van der Waals surface area contributed by atoms with Crippen LogP contribution in [0.3, 0.4) is 0 Å². The number of nitrogens with two attached hydrogens (primary N) is 1. The summed E-state index contributed by atoms with van der Waals surface area (Å²) in [5.41, 5.74) is 7.05. The minimum Gasteiger partial charge on any atom is -0.508 e. The number of pyridine rings is 1. The number of carbonyl (C=O) groups excluding carboxylic acids is 1. The lowest BCUT2D eigenvalue weighted by molar-refractivity contribution is 0.0939. The quantitative estimate of drug-likeness (QED) is 0.578. The number of aromatic nitrogens is 1. The third kappa shape index (κ3) is 3.01. The highest BCUT2D eigenvalue weighted by Gasteiger charge is 2.14. The Morgan fingerprint density at radius 3 is 2.84 bits per heavy atom. The minimum atomic E-state index is -0.341. The number of carbonyl (C=O) groups is 1. The molecule has 2 rings (SSSR count). The lowest BCUT2D eigenvalue weighted by atomic mass is 10.1. The zero-order valence-electron chi connectivity index (χ0n) is 10.5. The van der Waals surface area contributed by atoms with Gasteiger partial charge in [-0.05, 0) is 37.3 Å². The van der Waals surface area contributed by atoms with Crippen LogP contribution in [0.15, 0.2) is 42.6 Å². The minimum absolute atomic E-state index is 0.00448. The summed E-state index contributed by atoms with van der Waals surface area (Å²) >= 11 is 0. The zero-order valence-corrected chi connectivity index (χ0v) is 10.5. The molecule has 1 unspecified atom stereocenters. The highest BCUT2D eigenvalue weighted by Crippen LogP contribution is 2.19. The second-order valence-corrected chi connectivity index (χ2v) is 4.22. The van der Waals surface area contributed by atoms with Gasteiger partial charge < -0.3 is 16.2 Å². The van der Waals surface area contributed by atoms with Gasteiger partial charge in [0.05, 0.1) is 17.3 Å². The van der Waals surface area contributed by atoms with Crippen molar-refractivity contribution in [2.45, 2.75) is 13.0 Å². The number of rotatable bonds is 3. The van der Waals surface area contributed by atoms with Gasteiger partial charge >= 0.3 is 0 Å². The molecule has 1 amide bonds. The summed E-state index contributed by atoms with van der Waals surface area (Å²) in [6, 6.07) is 9.53. The van der Waals surface area contributed by atoms with Crippen molar-refractivity contribution in [2.75, 3.05) is 5.73 Å². The SMILES string of the molecule is CC(NC(=O)c1cc(O)ccc1N)c1ccccn1. The number of hydrogen-bond donors (Lipinski definition) is 3. The van der Waals surface area contributed by atoms with E-state index in [1.54, 1.807) is 6.20 Å². The summed E-state index contributed by atoms with van der Waals surface area (Å²) < 4.78 is 0. The van der Waals surface area contributed by atoms with Gasteiger partial charge in [-0.25, -0.2) is 0 Å². The molecule has 1 aromatic carbocycles. The number of nitrogens with zero attached hydrogens (tertiary/aromatic N) is 1. The van der Waals surface area contributed by atoms with Crippen LogP contribution >= 0.6 is 0 Å². The number of nitrogen functional groups attached to an aromatic ring is 1. The van der Waals surface area contributed by atoms with Crippen molar-refractivity contribution in [2.24, 2.45) is 0 Å². The summed E-state index contributed by atoms with van der Waals surface area (Å²) in [7, 11) is 0. The monoisotopic (exact) mass is 257 g/mol.